The molecule has 0 heterocycles. The molecule has 2 nitrogen and oxygen atoms in total. The Labute approximate surface area is 101 Å². The topological polar surface area (TPSA) is 21.3 Å². The van der Waals surface area contributed by atoms with E-state index >= 15 is 0 Å². The number of benzene rings is 1. The summed E-state index contributed by atoms with van der Waals surface area (Å²) in [6, 6.07) is 5.03. The van der Waals surface area contributed by atoms with Crippen molar-refractivity contribution in [2.75, 3.05) is 20.3 Å². The summed E-state index contributed by atoms with van der Waals surface area (Å²) in [7, 11) is 1.67. The third-order valence-electron chi connectivity index (χ3n) is 2.29. The molecule has 1 aromatic carbocycles. The zero-order valence-electron chi connectivity index (χ0n) is 9.59. The summed E-state index contributed by atoms with van der Waals surface area (Å²) in [5.74, 6) is 0.0725. The third kappa shape index (κ3) is 4.08. The number of methoxy groups -OCH3 is 1. The van der Waals surface area contributed by atoms with Crippen LogP contribution in [0.2, 0.25) is 5.02 Å². The first-order valence-corrected chi connectivity index (χ1v) is 5.65. The number of ether oxygens (including phenoxy) is 1. The maximum Gasteiger partial charge on any atom is 0.146 e. The Bertz CT molecular complexity index is 333. The highest BCUT2D eigenvalue weighted by Crippen LogP contribution is 2.17. The fourth-order valence-electron chi connectivity index (χ4n) is 1.48. The van der Waals surface area contributed by atoms with Crippen LogP contribution in [0.25, 0.3) is 0 Å². The molecule has 0 fully saturated rings. The maximum atomic E-state index is 13.5. The molecule has 90 valence electrons. The van der Waals surface area contributed by atoms with E-state index in [2.05, 4.69) is 12.2 Å². The van der Waals surface area contributed by atoms with Crippen LogP contribution in [0.1, 0.15) is 12.5 Å². The van der Waals surface area contributed by atoms with Gasteiger partial charge >= 0.3 is 0 Å². The second kappa shape index (κ2) is 6.84. The fraction of sp³-hybridized carbons (Fsp3) is 0.500. The number of hydrogen-bond acceptors (Lipinski definition) is 2. The van der Waals surface area contributed by atoms with Crippen LogP contribution in [0.3, 0.4) is 0 Å². The van der Waals surface area contributed by atoms with E-state index in [4.69, 9.17) is 16.3 Å². The third-order valence-corrected chi connectivity index (χ3v) is 2.58. The van der Waals surface area contributed by atoms with Gasteiger partial charge in [0.25, 0.3) is 0 Å². The predicted octanol–water partition coefficient (Wildman–Crippen LogP) is 2.85. The van der Waals surface area contributed by atoms with Crippen molar-refractivity contribution in [1.82, 2.24) is 5.32 Å². The lowest BCUT2D eigenvalue weighted by atomic mass is 10.1. The van der Waals surface area contributed by atoms with Crippen LogP contribution < -0.4 is 5.32 Å². The van der Waals surface area contributed by atoms with Gasteiger partial charge in [-0.15, -0.1) is 0 Å². The first kappa shape index (κ1) is 13.4. The van der Waals surface area contributed by atoms with Crippen LogP contribution in [0.4, 0.5) is 4.39 Å². The molecule has 0 amide bonds. The first-order chi connectivity index (χ1) is 7.65. The molecule has 1 unspecified atom stereocenters. The van der Waals surface area contributed by atoms with Crippen molar-refractivity contribution in [1.29, 1.82) is 0 Å². The Morgan fingerprint density at radius 2 is 2.25 bits per heavy atom. The minimum absolute atomic E-state index is 0.171. The number of halogens is 2. The quantitative estimate of drug-likeness (QED) is 0.832. The molecule has 1 atom stereocenters. The highest BCUT2D eigenvalue weighted by Gasteiger charge is 2.06. The van der Waals surface area contributed by atoms with Crippen LogP contribution >= 0.6 is 11.6 Å². The van der Waals surface area contributed by atoms with Crippen LogP contribution in [0.5, 0.6) is 0 Å². The van der Waals surface area contributed by atoms with Crippen molar-refractivity contribution in [3.05, 3.63) is 34.6 Å². The molecular formula is C12H17ClFNO. The molecule has 0 bridgehead atoms. The molecule has 0 saturated carbocycles. The second-order valence-corrected chi connectivity index (χ2v) is 4.31. The molecule has 0 spiro atoms. The number of nitrogens with one attached hydrogen (secondary N) is 1. The van der Waals surface area contributed by atoms with Crippen molar-refractivity contribution in [2.45, 2.75) is 13.5 Å². The van der Waals surface area contributed by atoms with Crippen molar-refractivity contribution >= 4 is 11.6 Å². The average Bonchev–Trinajstić information content (AvgIpc) is 2.25. The molecule has 1 aromatic rings. The van der Waals surface area contributed by atoms with Gasteiger partial charge in [-0.05, 0) is 12.0 Å². The molecule has 0 radical (unpaired) electrons. The zero-order chi connectivity index (χ0) is 12.0. The summed E-state index contributed by atoms with van der Waals surface area (Å²) in [5.41, 5.74) is 0.595. The smallest absolute Gasteiger partial charge is 0.146 e. The Hall–Kier alpha value is -0.640. The Morgan fingerprint density at radius 3 is 2.94 bits per heavy atom. The average molecular weight is 246 g/mol. The molecule has 1 N–H and O–H groups in total. The van der Waals surface area contributed by atoms with Gasteiger partial charge in [-0.1, -0.05) is 30.7 Å². The van der Waals surface area contributed by atoms with Crippen molar-refractivity contribution in [3.8, 4) is 0 Å². The van der Waals surface area contributed by atoms with Gasteiger partial charge in [0.05, 0.1) is 5.02 Å². The van der Waals surface area contributed by atoms with E-state index in [0.717, 1.165) is 6.54 Å². The molecule has 16 heavy (non-hydrogen) atoms. The SMILES string of the molecule is COCC(C)CNCc1cccc(Cl)c1F. The minimum atomic E-state index is -0.337. The fourth-order valence-corrected chi connectivity index (χ4v) is 1.68. The monoisotopic (exact) mass is 245 g/mol. The van der Waals surface area contributed by atoms with Gasteiger partial charge in [0.2, 0.25) is 0 Å². The molecular weight excluding hydrogens is 229 g/mol. The molecule has 0 saturated heterocycles. The van der Waals surface area contributed by atoms with Gasteiger partial charge in [-0.3, -0.25) is 0 Å². The summed E-state index contributed by atoms with van der Waals surface area (Å²) in [6.45, 7) is 4.05. The van der Waals surface area contributed by atoms with Crippen molar-refractivity contribution < 1.29 is 9.13 Å². The predicted molar refractivity (Wildman–Crippen MR) is 64.2 cm³/mol. The molecule has 4 heteroatoms. The van der Waals surface area contributed by atoms with Gasteiger partial charge < -0.3 is 10.1 Å². The van der Waals surface area contributed by atoms with E-state index in [1.54, 1.807) is 25.3 Å². The molecule has 1 rings (SSSR count). The highest BCUT2D eigenvalue weighted by atomic mass is 35.5. The highest BCUT2D eigenvalue weighted by molar-refractivity contribution is 6.30. The van der Waals surface area contributed by atoms with Crippen molar-refractivity contribution in [3.63, 3.8) is 0 Å². The molecule has 0 aromatic heterocycles. The van der Waals surface area contributed by atoms with Crippen LogP contribution in [-0.2, 0) is 11.3 Å². The lowest BCUT2D eigenvalue weighted by Gasteiger charge is -2.12. The van der Waals surface area contributed by atoms with E-state index < -0.39 is 0 Å². The van der Waals surface area contributed by atoms with Gasteiger partial charge in [0.15, 0.2) is 0 Å². The zero-order valence-corrected chi connectivity index (χ0v) is 10.4. The van der Waals surface area contributed by atoms with E-state index in [9.17, 15) is 4.39 Å². The Morgan fingerprint density at radius 1 is 1.50 bits per heavy atom. The molecule has 0 aliphatic heterocycles. The van der Waals surface area contributed by atoms with E-state index in [-0.39, 0.29) is 10.8 Å². The number of hydrogen-bond donors (Lipinski definition) is 1. The summed E-state index contributed by atoms with van der Waals surface area (Å²) in [5, 5.41) is 3.35. The minimum Gasteiger partial charge on any atom is -0.384 e. The van der Waals surface area contributed by atoms with Gasteiger partial charge in [-0.25, -0.2) is 4.39 Å². The normalized spacial score (nSPS) is 12.8. The van der Waals surface area contributed by atoms with Gasteiger partial charge in [0, 0.05) is 32.4 Å². The molecule has 0 aliphatic rings. The maximum absolute atomic E-state index is 13.5. The van der Waals surface area contributed by atoms with E-state index in [1.807, 2.05) is 0 Å². The van der Waals surface area contributed by atoms with Crippen LogP contribution in [0.15, 0.2) is 18.2 Å². The van der Waals surface area contributed by atoms with E-state index in [0.29, 0.717) is 24.6 Å². The largest absolute Gasteiger partial charge is 0.384 e. The summed E-state index contributed by atoms with van der Waals surface area (Å²) < 4.78 is 18.5. The Kier molecular flexibility index (Phi) is 5.74. The van der Waals surface area contributed by atoms with Crippen LogP contribution in [-0.4, -0.2) is 20.3 Å². The Balaban J connectivity index is 2.40. The van der Waals surface area contributed by atoms with Gasteiger partial charge in [0.1, 0.15) is 5.82 Å². The molecule has 0 aliphatic carbocycles. The summed E-state index contributed by atoms with van der Waals surface area (Å²) >= 11 is 5.68. The lowest BCUT2D eigenvalue weighted by molar-refractivity contribution is 0.158. The van der Waals surface area contributed by atoms with Gasteiger partial charge in [-0.2, -0.15) is 0 Å². The van der Waals surface area contributed by atoms with E-state index in [1.165, 1.54) is 0 Å². The summed E-state index contributed by atoms with van der Waals surface area (Å²) in [6.07, 6.45) is 0. The number of rotatable bonds is 6. The first-order valence-electron chi connectivity index (χ1n) is 5.27. The lowest BCUT2D eigenvalue weighted by Crippen LogP contribution is -2.23. The standard InChI is InChI=1S/C12H17ClFNO/c1-9(8-16-2)6-15-7-10-4-3-5-11(13)12(10)14/h3-5,9,15H,6-8H2,1-2H3. The van der Waals surface area contributed by atoms with Crippen LogP contribution in [0, 0.1) is 11.7 Å². The summed E-state index contributed by atoms with van der Waals surface area (Å²) in [4.78, 5) is 0. The van der Waals surface area contributed by atoms with Crippen molar-refractivity contribution in [2.24, 2.45) is 5.92 Å². The second-order valence-electron chi connectivity index (χ2n) is 3.90.